The summed E-state index contributed by atoms with van der Waals surface area (Å²) >= 11 is 0. The standard InChI is InChI=1S/C17H26N2O/c1-17(2,3)14-9-7-12(8-10-14)16(20)19-11-13-5-4-6-15(13)18/h7-10,13,15H,4-6,11,18H2,1-3H3,(H,19,20). The van der Waals surface area contributed by atoms with Crippen molar-refractivity contribution in [3.63, 3.8) is 0 Å². The summed E-state index contributed by atoms with van der Waals surface area (Å²) in [5, 5.41) is 3.01. The number of hydrogen-bond donors (Lipinski definition) is 2. The van der Waals surface area contributed by atoms with Gasteiger partial charge in [-0.25, -0.2) is 0 Å². The molecule has 0 saturated heterocycles. The van der Waals surface area contributed by atoms with E-state index in [9.17, 15) is 4.79 Å². The van der Waals surface area contributed by atoms with Crippen molar-refractivity contribution in [1.82, 2.24) is 5.32 Å². The number of rotatable bonds is 3. The molecule has 1 aliphatic carbocycles. The zero-order chi connectivity index (χ0) is 14.8. The highest BCUT2D eigenvalue weighted by atomic mass is 16.1. The maximum atomic E-state index is 12.1. The molecule has 0 aromatic heterocycles. The van der Waals surface area contributed by atoms with Crippen LogP contribution in [0.3, 0.4) is 0 Å². The second-order valence-electron chi connectivity index (χ2n) is 6.89. The summed E-state index contributed by atoms with van der Waals surface area (Å²) in [6.07, 6.45) is 3.40. The van der Waals surface area contributed by atoms with E-state index in [2.05, 4.69) is 26.1 Å². The maximum absolute atomic E-state index is 12.1. The van der Waals surface area contributed by atoms with Gasteiger partial charge in [0.05, 0.1) is 0 Å². The van der Waals surface area contributed by atoms with Crippen molar-refractivity contribution < 1.29 is 4.79 Å². The molecule has 3 nitrogen and oxygen atoms in total. The van der Waals surface area contributed by atoms with Crippen LogP contribution in [-0.4, -0.2) is 18.5 Å². The van der Waals surface area contributed by atoms with E-state index < -0.39 is 0 Å². The molecule has 110 valence electrons. The number of nitrogens with two attached hydrogens (primary N) is 1. The average molecular weight is 274 g/mol. The monoisotopic (exact) mass is 274 g/mol. The van der Waals surface area contributed by atoms with Crippen LogP contribution in [0, 0.1) is 5.92 Å². The fourth-order valence-corrected chi connectivity index (χ4v) is 2.77. The van der Waals surface area contributed by atoms with Gasteiger partial charge >= 0.3 is 0 Å². The second kappa shape index (κ2) is 5.96. The van der Waals surface area contributed by atoms with Gasteiger partial charge in [-0.3, -0.25) is 4.79 Å². The Morgan fingerprint density at radius 1 is 1.25 bits per heavy atom. The van der Waals surface area contributed by atoms with Gasteiger partial charge in [0.15, 0.2) is 0 Å². The van der Waals surface area contributed by atoms with E-state index in [0.29, 0.717) is 12.5 Å². The van der Waals surface area contributed by atoms with Crippen molar-refractivity contribution in [1.29, 1.82) is 0 Å². The number of hydrogen-bond acceptors (Lipinski definition) is 2. The number of carbonyl (C=O) groups excluding carboxylic acids is 1. The molecule has 1 fully saturated rings. The molecular formula is C17H26N2O. The fourth-order valence-electron chi connectivity index (χ4n) is 2.77. The molecule has 2 unspecified atom stereocenters. The molecule has 0 heterocycles. The van der Waals surface area contributed by atoms with E-state index in [4.69, 9.17) is 5.73 Å². The van der Waals surface area contributed by atoms with Crippen molar-refractivity contribution in [2.24, 2.45) is 11.7 Å². The molecule has 3 N–H and O–H groups in total. The summed E-state index contributed by atoms with van der Waals surface area (Å²) in [4.78, 5) is 12.1. The zero-order valence-electron chi connectivity index (χ0n) is 12.8. The van der Waals surface area contributed by atoms with Gasteiger partial charge in [0.1, 0.15) is 0 Å². The van der Waals surface area contributed by atoms with E-state index in [1.165, 1.54) is 12.0 Å². The Kier molecular flexibility index (Phi) is 4.48. The van der Waals surface area contributed by atoms with E-state index in [-0.39, 0.29) is 17.4 Å². The van der Waals surface area contributed by atoms with E-state index >= 15 is 0 Å². The van der Waals surface area contributed by atoms with Crippen LogP contribution < -0.4 is 11.1 Å². The highest BCUT2D eigenvalue weighted by Gasteiger charge is 2.24. The van der Waals surface area contributed by atoms with Crippen molar-refractivity contribution in [2.45, 2.75) is 51.5 Å². The van der Waals surface area contributed by atoms with Gasteiger partial charge in [0.25, 0.3) is 5.91 Å². The third kappa shape index (κ3) is 3.60. The quantitative estimate of drug-likeness (QED) is 0.890. The molecule has 20 heavy (non-hydrogen) atoms. The van der Waals surface area contributed by atoms with Crippen LogP contribution in [0.15, 0.2) is 24.3 Å². The number of carbonyl (C=O) groups is 1. The van der Waals surface area contributed by atoms with Crippen LogP contribution >= 0.6 is 0 Å². The van der Waals surface area contributed by atoms with Gasteiger partial charge in [0.2, 0.25) is 0 Å². The minimum absolute atomic E-state index is 0.00422. The molecular weight excluding hydrogens is 248 g/mol. The van der Waals surface area contributed by atoms with E-state index in [1.807, 2.05) is 24.3 Å². The first-order valence-corrected chi connectivity index (χ1v) is 7.52. The highest BCUT2D eigenvalue weighted by molar-refractivity contribution is 5.94. The molecule has 0 aliphatic heterocycles. The lowest BCUT2D eigenvalue weighted by molar-refractivity contribution is 0.0946. The molecule has 1 aromatic rings. The molecule has 1 aliphatic rings. The summed E-state index contributed by atoms with van der Waals surface area (Å²) < 4.78 is 0. The normalized spacial score (nSPS) is 22.8. The molecule has 0 radical (unpaired) electrons. The molecule has 1 aromatic carbocycles. The molecule has 0 spiro atoms. The van der Waals surface area contributed by atoms with Crippen LogP contribution in [-0.2, 0) is 5.41 Å². The Hall–Kier alpha value is -1.35. The molecule has 3 heteroatoms. The van der Waals surface area contributed by atoms with E-state index in [0.717, 1.165) is 18.4 Å². The Morgan fingerprint density at radius 3 is 2.40 bits per heavy atom. The van der Waals surface area contributed by atoms with Crippen molar-refractivity contribution in [3.05, 3.63) is 35.4 Å². The average Bonchev–Trinajstić information content (AvgIpc) is 2.81. The third-order valence-corrected chi connectivity index (χ3v) is 4.26. The topological polar surface area (TPSA) is 55.1 Å². The van der Waals surface area contributed by atoms with Crippen LogP contribution in [0.4, 0.5) is 0 Å². The van der Waals surface area contributed by atoms with Gasteiger partial charge in [-0.1, -0.05) is 39.3 Å². The first-order chi connectivity index (χ1) is 9.38. The lowest BCUT2D eigenvalue weighted by Crippen LogP contribution is -2.36. The van der Waals surface area contributed by atoms with Gasteiger partial charge in [-0.15, -0.1) is 0 Å². The van der Waals surface area contributed by atoms with E-state index in [1.54, 1.807) is 0 Å². The summed E-state index contributed by atoms with van der Waals surface area (Å²) in [5.41, 5.74) is 8.11. The summed E-state index contributed by atoms with van der Waals surface area (Å²) in [6, 6.07) is 8.14. The Morgan fingerprint density at radius 2 is 1.90 bits per heavy atom. The lowest BCUT2D eigenvalue weighted by atomic mass is 9.86. The van der Waals surface area contributed by atoms with Crippen molar-refractivity contribution in [3.8, 4) is 0 Å². The van der Waals surface area contributed by atoms with Crippen molar-refractivity contribution in [2.75, 3.05) is 6.54 Å². The Balaban J connectivity index is 1.92. The molecule has 0 bridgehead atoms. The molecule has 2 rings (SSSR count). The maximum Gasteiger partial charge on any atom is 0.251 e. The molecule has 2 atom stereocenters. The highest BCUT2D eigenvalue weighted by Crippen LogP contribution is 2.24. The molecule has 1 saturated carbocycles. The smallest absolute Gasteiger partial charge is 0.251 e. The lowest BCUT2D eigenvalue weighted by Gasteiger charge is -2.19. The predicted molar refractivity (Wildman–Crippen MR) is 82.8 cm³/mol. The zero-order valence-corrected chi connectivity index (χ0v) is 12.8. The first kappa shape index (κ1) is 15.0. The van der Waals surface area contributed by atoms with Crippen LogP contribution in [0.25, 0.3) is 0 Å². The van der Waals surface area contributed by atoms with Gasteiger partial charge in [-0.2, -0.15) is 0 Å². The Bertz CT molecular complexity index is 459. The summed E-state index contributed by atoms with van der Waals surface area (Å²) in [7, 11) is 0. The number of amides is 1. The summed E-state index contributed by atoms with van der Waals surface area (Å²) in [5.74, 6) is 0.442. The van der Waals surface area contributed by atoms with Crippen LogP contribution in [0.2, 0.25) is 0 Å². The number of nitrogens with one attached hydrogen (secondary N) is 1. The predicted octanol–water partition coefficient (Wildman–Crippen LogP) is 2.84. The fraction of sp³-hybridized carbons (Fsp3) is 0.588. The van der Waals surface area contributed by atoms with Gasteiger partial charge in [-0.05, 0) is 41.9 Å². The minimum atomic E-state index is 0.00422. The van der Waals surface area contributed by atoms with Crippen LogP contribution in [0.1, 0.15) is 56.0 Å². The third-order valence-electron chi connectivity index (χ3n) is 4.26. The first-order valence-electron chi connectivity index (χ1n) is 7.52. The van der Waals surface area contributed by atoms with Crippen molar-refractivity contribution >= 4 is 5.91 Å². The second-order valence-corrected chi connectivity index (χ2v) is 6.89. The SMILES string of the molecule is CC(C)(C)c1ccc(C(=O)NCC2CCCC2N)cc1. The Labute approximate surface area is 121 Å². The van der Waals surface area contributed by atoms with Crippen LogP contribution in [0.5, 0.6) is 0 Å². The molecule has 1 amide bonds. The largest absolute Gasteiger partial charge is 0.352 e. The van der Waals surface area contributed by atoms with Gasteiger partial charge in [0, 0.05) is 18.2 Å². The number of benzene rings is 1. The van der Waals surface area contributed by atoms with Gasteiger partial charge < -0.3 is 11.1 Å². The summed E-state index contributed by atoms with van der Waals surface area (Å²) in [6.45, 7) is 7.21. The minimum Gasteiger partial charge on any atom is -0.352 e.